The Balaban J connectivity index is 1.17. The van der Waals surface area contributed by atoms with Crippen LogP contribution in [-0.2, 0) is 11.3 Å². The van der Waals surface area contributed by atoms with Gasteiger partial charge in [0.25, 0.3) is 0 Å². The second-order valence-electron chi connectivity index (χ2n) is 9.47. The molecule has 2 aromatic rings. The van der Waals surface area contributed by atoms with Crippen LogP contribution in [0.15, 0.2) is 54.6 Å². The van der Waals surface area contributed by atoms with E-state index in [4.69, 9.17) is 0 Å². The van der Waals surface area contributed by atoms with E-state index in [1.807, 2.05) is 30.3 Å². The number of nitrogens with one attached hydrogen (secondary N) is 3. The first-order valence-corrected chi connectivity index (χ1v) is 12.6. The van der Waals surface area contributed by atoms with E-state index >= 15 is 0 Å². The van der Waals surface area contributed by atoms with Crippen molar-refractivity contribution in [1.29, 1.82) is 0 Å². The number of benzene rings is 2. The van der Waals surface area contributed by atoms with Gasteiger partial charge in [0.15, 0.2) is 0 Å². The van der Waals surface area contributed by atoms with E-state index in [0.29, 0.717) is 12.2 Å². The molecular formula is C27H37N5O2. The first-order chi connectivity index (χ1) is 16.6. The van der Waals surface area contributed by atoms with E-state index in [9.17, 15) is 9.59 Å². The van der Waals surface area contributed by atoms with E-state index < -0.39 is 0 Å². The number of carbonyl (C=O) groups is 2. The van der Waals surface area contributed by atoms with Gasteiger partial charge >= 0.3 is 6.03 Å². The zero-order valence-corrected chi connectivity index (χ0v) is 20.0. The summed E-state index contributed by atoms with van der Waals surface area (Å²) in [7, 11) is 0. The molecule has 0 saturated carbocycles. The predicted molar refractivity (Wildman–Crippen MR) is 137 cm³/mol. The summed E-state index contributed by atoms with van der Waals surface area (Å²) in [5.41, 5.74) is 2.75. The van der Waals surface area contributed by atoms with E-state index in [-0.39, 0.29) is 18.0 Å². The standard InChI is InChI=1S/C27H37N5O2/c33-26(21-31-16-7-2-1-3-8-17-31)28-23-11-13-24(14-12-23)29-27(34)30-25-15-18-32(20-25)19-22-9-5-4-6-10-22/h4-6,9-14,25H,1-3,7-8,15-21H2,(H,28,33)(H2,29,30,34). The number of urea groups is 1. The smallest absolute Gasteiger partial charge is 0.319 e. The Morgan fingerprint density at radius 1 is 0.765 bits per heavy atom. The van der Waals surface area contributed by atoms with Crippen LogP contribution >= 0.6 is 0 Å². The van der Waals surface area contributed by atoms with Gasteiger partial charge in [-0.3, -0.25) is 14.6 Å². The van der Waals surface area contributed by atoms with Crippen molar-refractivity contribution in [2.24, 2.45) is 0 Å². The average Bonchev–Trinajstić information content (AvgIpc) is 3.24. The van der Waals surface area contributed by atoms with Crippen molar-refractivity contribution in [2.75, 3.05) is 43.4 Å². The molecule has 1 unspecified atom stereocenters. The van der Waals surface area contributed by atoms with Crippen LogP contribution in [-0.4, -0.2) is 60.5 Å². The third kappa shape index (κ3) is 7.85. The number of hydrogen-bond donors (Lipinski definition) is 3. The molecule has 2 heterocycles. The first kappa shape index (κ1) is 24.2. The Morgan fingerprint density at radius 2 is 1.41 bits per heavy atom. The molecule has 2 saturated heterocycles. The summed E-state index contributed by atoms with van der Waals surface area (Å²) < 4.78 is 0. The lowest BCUT2D eigenvalue weighted by molar-refractivity contribution is -0.117. The molecule has 34 heavy (non-hydrogen) atoms. The van der Waals surface area contributed by atoms with Crippen LogP contribution in [0.1, 0.15) is 44.1 Å². The number of amides is 3. The summed E-state index contributed by atoms with van der Waals surface area (Å²) in [6.45, 7) is 5.17. The molecular weight excluding hydrogens is 426 g/mol. The lowest BCUT2D eigenvalue weighted by atomic mass is 10.1. The summed E-state index contributed by atoms with van der Waals surface area (Å²) in [4.78, 5) is 29.5. The van der Waals surface area contributed by atoms with Gasteiger partial charge in [-0.25, -0.2) is 4.79 Å². The predicted octanol–water partition coefficient (Wildman–Crippen LogP) is 4.29. The monoisotopic (exact) mass is 463 g/mol. The van der Waals surface area contributed by atoms with Crippen molar-refractivity contribution in [2.45, 2.75) is 51.1 Å². The zero-order chi connectivity index (χ0) is 23.6. The summed E-state index contributed by atoms with van der Waals surface area (Å²) in [6, 6.07) is 17.7. The Bertz CT molecular complexity index is 910. The van der Waals surface area contributed by atoms with Gasteiger partial charge in [-0.2, -0.15) is 0 Å². The summed E-state index contributed by atoms with van der Waals surface area (Å²) in [6.07, 6.45) is 7.11. The quantitative estimate of drug-likeness (QED) is 0.573. The lowest BCUT2D eigenvalue weighted by Crippen LogP contribution is -2.39. The van der Waals surface area contributed by atoms with Gasteiger partial charge in [0.05, 0.1) is 6.54 Å². The second kappa shape index (κ2) is 12.5. The van der Waals surface area contributed by atoms with E-state index in [2.05, 4.69) is 50.0 Å². The number of rotatable bonds is 7. The molecule has 0 radical (unpaired) electrons. The number of anilines is 2. The van der Waals surface area contributed by atoms with Gasteiger partial charge < -0.3 is 16.0 Å². The topological polar surface area (TPSA) is 76.7 Å². The molecule has 2 aromatic carbocycles. The highest BCUT2D eigenvalue weighted by Gasteiger charge is 2.23. The van der Waals surface area contributed by atoms with Crippen molar-refractivity contribution in [3.8, 4) is 0 Å². The highest BCUT2D eigenvalue weighted by Crippen LogP contribution is 2.16. The highest BCUT2D eigenvalue weighted by molar-refractivity contribution is 5.93. The zero-order valence-electron chi connectivity index (χ0n) is 20.0. The minimum Gasteiger partial charge on any atom is -0.334 e. The molecule has 0 spiro atoms. The van der Waals surface area contributed by atoms with Gasteiger partial charge in [-0.05, 0) is 62.2 Å². The maximum absolute atomic E-state index is 12.5. The minimum absolute atomic E-state index is 0.0142. The molecule has 0 bridgehead atoms. The Morgan fingerprint density at radius 3 is 2.12 bits per heavy atom. The Labute approximate surface area is 202 Å². The van der Waals surface area contributed by atoms with Crippen LogP contribution in [0.25, 0.3) is 0 Å². The van der Waals surface area contributed by atoms with Crippen molar-refractivity contribution < 1.29 is 9.59 Å². The molecule has 4 rings (SSSR count). The molecule has 0 aliphatic carbocycles. The molecule has 7 nitrogen and oxygen atoms in total. The normalized spacial score (nSPS) is 19.7. The fourth-order valence-electron chi connectivity index (χ4n) is 4.80. The van der Waals surface area contributed by atoms with Gasteiger partial charge in [0, 0.05) is 37.1 Å². The van der Waals surface area contributed by atoms with Gasteiger partial charge in [-0.1, -0.05) is 49.6 Å². The Hall–Kier alpha value is -2.90. The SMILES string of the molecule is O=C(CN1CCCCCCC1)Nc1ccc(NC(=O)NC2CCN(Cc3ccccc3)C2)cc1. The van der Waals surface area contributed by atoms with Gasteiger partial charge in [0.2, 0.25) is 5.91 Å². The number of likely N-dealkylation sites (tertiary alicyclic amines) is 2. The molecule has 1 atom stereocenters. The van der Waals surface area contributed by atoms with E-state index in [0.717, 1.165) is 44.8 Å². The van der Waals surface area contributed by atoms with Gasteiger partial charge in [0.1, 0.15) is 0 Å². The van der Waals surface area contributed by atoms with E-state index in [1.165, 1.54) is 37.7 Å². The van der Waals surface area contributed by atoms with Crippen LogP contribution in [0.2, 0.25) is 0 Å². The second-order valence-corrected chi connectivity index (χ2v) is 9.47. The van der Waals surface area contributed by atoms with Crippen molar-refractivity contribution in [3.63, 3.8) is 0 Å². The Kier molecular flexibility index (Phi) is 8.93. The molecule has 2 aliphatic heterocycles. The highest BCUT2D eigenvalue weighted by atomic mass is 16.2. The molecule has 182 valence electrons. The molecule has 7 heteroatoms. The maximum Gasteiger partial charge on any atom is 0.319 e. The third-order valence-electron chi connectivity index (χ3n) is 6.60. The first-order valence-electron chi connectivity index (χ1n) is 12.6. The lowest BCUT2D eigenvalue weighted by Gasteiger charge is -2.23. The fraction of sp³-hybridized carbons (Fsp3) is 0.481. The fourth-order valence-corrected chi connectivity index (χ4v) is 4.80. The largest absolute Gasteiger partial charge is 0.334 e. The third-order valence-corrected chi connectivity index (χ3v) is 6.60. The molecule has 3 N–H and O–H groups in total. The van der Waals surface area contributed by atoms with Crippen LogP contribution in [0.4, 0.5) is 16.2 Å². The molecule has 3 amide bonds. The van der Waals surface area contributed by atoms with Crippen LogP contribution in [0.3, 0.4) is 0 Å². The summed E-state index contributed by atoms with van der Waals surface area (Å²) >= 11 is 0. The summed E-state index contributed by atoms with van der Waals surface area (Å²) in [5, 5.41) is 8.96. The van der Waals surface area contributed by atoms with Crippen molar-refractivity contribution in [3.05, 3.63) is 60.2 Å². The van der Waals surface area contributed by atoms with Crippen LogP contribution < -0.4 is 16.0 Å². The van der Waals surface area contributed by atoms with Crippen molar-refractivity contribution >= 4 is 23.3 Å². The maximum atomic E-state index is 12.5. The van der Waals surface area contributed by atoms with E-state index in [1.54, 1.807) is 0 Å². The number of nitrogens with zero attached hydrogens (tertiary/aromatic N) is 2. The molecule has 2 aliphatic rings. The van der Waals surface area contributed by atoms with Crippen LogP contribution in [0.5, 0.6) is 0 Å². The molecule has 0 aromatic heterocycles. The number of carbonyl (C=O) groups excluding carboxylic acids is 2. The van der Waals surface area contributed by atoms with Crippen LogP contribution in [0, 0.1) is 0 Å². The number of hydrogen-bond acceptors (Lipinski definition) is 4. The summed E-state index contributed by atoms with van der Waals surface area (Å²) in [5.74, 6) is 0.0142. The molecule has 2 fully saturated rings. The van der Waals surface area contributed by atoms with Gasteiger partial charge in [-0.15, -0.1) is 0 Å². The van der Waals surface area contributed by atoms with Crippen molar-refractivity contribution in [1.82, 2.24) is 15.1 Å². The minimum atomic E-state index is -0.194. The average molecular weight is 464 g/mol.